The molecule has 1 saturated heterocycles. The Balaban J connectivity index is 1.47. The lowest BCUT2D eigenvalue weighted by Crippen LogP contribution is -2.39. The number of hydrogen-bond donors (Lipinski definition) is 1. The molecule has 25 heavy (non-hydrogen) atoms. The van der Waals surface area contributed by atoms with Crippen LogP contribution in [0.1, 0.15) is 42.1 Å². The maximum Gasteiger partial charge on any atom is 0.222 e. The quantitative estimate of drug-likeness (QED) is 0.899. The summed E-state index contributed by atoms with van der Waals surface area (Å²) in [6.07, 6.45) is 2.67. The average Bonchev–Trinajstić information content (AvgIpc) is 2.66. The molecule has 3 nitrogen and oxygen atoms in total. The lowest BCUT2D eigenvalue weighted by atomic mass is 9.87. The van der Waals surface area contributed by atoms with E-state index in [0.29, 0.717) is 6.42 Å². The molecule has 2 aromatic rings. The van der Waals surface area contributed by atoms with Crippen molar-refractivity contribution in [2.45, 2.75) is 38.7 Å². The van der Waals surface area contributed by atoms with Crippen molar-refractivity contribution in [2.24, 2.45) is 5.92 Å². The molecule has 0 unspecified atom stereocenters. The molecule has 0 aromatic heterocycles. The summed E-state index contributed by atoms with van der Waals surface area (Å²) in [4.78, 5) is 14.4. The summed E-state index contributed by atoms with van der Waals surface area (Å²) in [5, 5.41) is 10.5. The molecular weight excluding hydrogens is 310 g/mol. The minimum Gasteiger partial charge on any atom is -0.388 e. The summed E-state index contributed by atoms with van der Waals surface area (Å²) in [7, 11) is 0. The normalized spacial score (nSPS) is 16.6. The number of hydrogen-bond acceptors (Lipinski definition) is 2. The number of nitrogens with zero attached hydrogens (tertiary/aromatic N) is 1. The number of likely N-dealkylation sites (tertiary alicyclic amines) is 1. The Labute approximate surface area is 150 Å². The fourth-order valence-electron chi connectivity index (χ4n) is 3.66. The van der Waals surface area contributed by atoms with Gasteiger partial charge in [0.05, 0.1) is 6.10 Å². The summed E-state index contributed by atoms with van der Waals surface area (Å²) >= 11 is 0. The van der Waals surface area contributed by atoms with Gasteiger partial charge in [-0.2, -0.15) is 0 Å². The van der Waals surface area contributed by atoms with Crippen molar-refractivity contribution in [2.75, 3.05) is 13.1 Å². The zero-order valence-corrected chi connectivity index (χ0v) is 14.9. The van der Waals surface area contributed by atoms with Gasteiger partial charge in [-0.25, -0.2) is 0 Å². The van der Waals surface area contributed by atoms with E-state index >= 15 is 0 Å². The van der Waals surface area contributed by atoms with E-state index < -0.39 is 6.10 Å². The van der Waals surface area contributed by atoms with E-state index in [9.17, 15) is 9.90 Å². The Morgan fingerprint density at radius 1 is 1.12 bits per heavy atom. The smallest absolute Gasteiger partial charge is 0.222 e. The molecule has 1 N–H and O–H groups in total. The van der Waals surface area contributed by atoms with Crippen LogP contribution < -0.4 is 0 Å². The maximum atomic E-state index is 12.5. The van der Waals surface area contributed by atoms with E-state index in [2.05, 4.69) is 25.1 Å². The second-order valence-corrected chi connectivity index (χ2v) is 7.06. The molecule has 1 fully saturated rings. The van der Waals surface area contributed by atoms with Crippen molar-refractivity contribution in [1.29, 1.82) is 0 Å². The first-order chi connectivity index (χ1) is 12.1. The van der Waals surface area contributed by atoms with Gasteiger partial charge >= 0.3 is 0 Å². The van der Waals surface area contributed by atoms with Crippen molar-refractivity contribution in [3.05, 3.63) is 71.3 Å². The lowest BCUT2D eigenvalue weighted by Gasteiger charge is -2.34. The van der Waals surface area contributed by atoms with E-state index in [-0.39, 0.29) is 11.8 Å². The van der Waals surface area contributed by atoms with Gasteiger partial charge in [0.2, 0.25) is 5.91 Å². The molecule has 1 heterocycles. The van der Waals surface area contributed by atoms with Crippen LogP contribution in [-0.4, -0.2) is 29.0 Å². The largest absolute Gasteiger partial charge is 0.388 e. The molecule has 1 amide bonds. The van der Waals surface area contributed by atoms with Gasteiger partial charge in [0.15, 0.2) is 0 Å². The zero-order chi connectivity index (χ0) is 17.6. The molecule has 3 heteroatoms. The number of rotatable bonds is 5. The van der Waals surface area contributed by atoms with Crippen LogP contribution in [0.5, 0.6) is 0 Å². The first kappa shape index (κ1) is 17.7. The Kier molecular flexibility index (Phi) is 5.87. The SMILES string of the molecule is Cc1cccc(CCC(=O)N2CCC([C@@H](O)c3ccccc3)CC2)c1. The molecule has 0 aliphatic carbocycles. The highest BCUT2D eigenvalue weighted by Crippen LogP contribution is 2.30. The third kappa shape index (κ3) is 4.70. The van der Waals surface area contributed by atoms with Gasteiger partial charge < -0.3 is 10.0 Å². The Morgan fingerprint density at radius 2 is 1.84 bits per heavy atom. The second-order valence-electron chi connectivity index (χ2n) is 7.06. The number of aryl methyl sites for hydroxylation is 2. The molecule has 0 radical (unpaired) electrons. The molecule has 2 aromatic carbocycles. The fourth-order valence-corrected chi connectivity index (χ4v) is 3.66. The van der Waals surface area contributed by atoms with Crippen LogP contribution in [0, 0.1) is 12.8 Å². The standard InChI is InChI=1S/C22H27NO2/c1-17-6-5-7-18(16-17)10-11-21(24)23-14-12-20(13-15-23)22(25)19-8-3-2-4-9-19/h2-9,16,20,22,25H,10-15H2,1H3/t22-/m0/s1. The Bertz CT molecular complexity index is 690. The highest BCUT2D eigenvalue weighted by molar-refractivity contribution is 5.76. The van der Waals surface area contributed by atoms with Crippen LogP contribution in [0.3, 0.4) is 0 Å². The van der Waals surface area contributed by atoms with Crippen molar-refractivity contribution in [1.82, 2.24) is 4.90 Å². The van der Waals surface area contributed by atoms with Gasteiger partial charge in [-0.15, -0.1) is 0 Å². The Hall–Kier alpha value is -2.13. The molecule has 1 atom stereocenters. The van der Waals surface area contributed by atoms with E-state index in [0.717, 1.165) is 37.9 Å². The highest BCUT2D eigenvalue weighted by atomic mass is 16.3. The van der Waals surface area contributed by atoms with Crippen LogP contribution in [0.2, 0.25) is 0 Å². The monoisotopic (exact) mass is 337 g/mol. The van der Waals surface area contributed by atoms with Crippen molar-refractivity contribution in [3.63, 3.8) is 0 Å². The summed E-state index contributed by atoms with van der Waals surface area (Å²) in [6.45, 7) is 3.58. The van der Waals surface area contributed by atoms with Gasteiger partial charge in [-0.05, 0) is 43.2 Å². The minimum atomic E-state index is -0.425. The number of carbonyl (C=O) groups is 1. The molecule has 3 rings (SSSR count). The molecule has 0 bridgehead atoms. The molecular formula is C22H27NO2. The molecule has 132 valence electrons. The number of benzene rings is 2. The lowest BCUT2D eigenvalue weighted by molar-refractivity contribution is -0.133. The molecule has 0 spiro atoms. The van der Waals surface area contributed by atoms with Crippen LogP contribution in [0.15, 0.2) is 54.6 Å². The predicted molar refractivity (Wildman–Crippen MR) is 100 cm³/mol. The third-order valence-corrected chi connectivity index (χ3v) is 5.19. The maximum absolute atomic E-state index is 12.5. The first-order valence-corrected chi connectivity index (χ1v) is 9.20. The van der Waals surface area contributed by atoms with Crippen LogP contribution in [0.25, 0.3) is 0 Å². The number of piperidine rings is 1. The highest BCUT2D eigenvalue weighted by Gasteiger charge is 2.27. The number of aliphatic hydroxyl groups excluding tert-OH is 1. The Morgan fingerprint density at radius 3 is 2.52 bits per heavy atom. The zero-order valence-electron chi connectivity index (χ0n) is 14.9. The predicted octanol–water partition coefficient (Wildman–Crippen LogP) is 3.90. The topological polar surface area (TPSA) is 40.5 Å². The number of carbonyl (C=O) groups excluding carboxylic acids is 1. The summed E-state index contributed by atoms with van der Waals surface area (Å²) in [5.41, 5.74) is 3.44. The van der Waals surface area contributed by atoms with Gasteiger partial charge in [-0.3, -0.25) is 4.79 Å². The fraction of sp³-hybridized carbons (Fsp3) is 0.409. The number of aliphatic hydroxyl groups is 1. The van der Waals surface area contributed by atoms with Crippen molar-refractivity contribution in [3.8, 4) is 0 Å². The molecule has 1 aliphatic heterocycles. The van der Waals surface area contributed by atoms with E-state index in [1.54, 1.807) is 0 Å². The van der Waals surface area contributed by atoms with Crippen molar-refractivity contribution >= 4 is 5.91 Å². The number of amides is 1. The van der Waals surface area contributed by atoms with Crippen molar-refractivity contribution < 1.29 is 9.90 Å². The molecule has 0 saturated carbocycles. The van der Waals surface area contributed by atoms with E-state index in [1.165, 1.54) is 11.1 Å². The average molecular weight is 337 g/mol. The van der Waals surface area contributed by atoms with Gasteiger partial charge in [0.1, 0.15) is 0 Å². The van der Waals surface area contributed by atoms with Crippen LogP contribution in [0.4, 0.5) is 0 Å². The van der Waals surface area contributed by atoms with Crippen LogP contribution in [-0.2, 0) is 11.2 Å². The first-order valence-electron chi connectivity index (χ1n) is 9.20. The third-order valence-electron chi connectivity index (χ3n) is 5.19. The van der Waals surface area contributed by atoms with E-state index in [4.69, 9.17) is 0 Å². The summed E-state index contributed by atoms with van der Waals surface area (Å²) in [5.74, 6) is 0.470. The molecule has 1 aliphatic rings. The van der Waals surface area contributed by atoms with Crippen LogP contribution >= 0.6 is 0 Å². The summed E-state index contributed by atoms with van der Waals surface area (Å²) < 4.78 is 0. The van der Waals surface area contributed by atoms with Gasteiger partial charge in [-0.1, -0.05) is 60.2 Å². The van der Waals surface area contributed by atoms with Gasteiger partial charge in [0, 0.05) is 19.5 Å². The second kappa shape index (κ2) is 8.30. The van der Waals surface area contributed by atoms with E-state index in [1.807, 2.05) is 41.3 Å². The van der Waals surface area contributed by atoms with Gasteiger partial charge in [0.25, 0.3) is 0 Å². The minimum absolute atomic E-state index is 0.231. The summed E-state index contributed by atoms with van der Waals surface area (Å²) in [6, 6.07) is 18.2.